The Morgan fingerprint density at radius 2 is 0.988 bits per heavy atom. The number of fused-ring (bicyclic) bond motifs is 3. The van der Waals surface area contributed by atoms with E-state index in [1.807, 2.05) is 6.92 Å². The third-order valence-electron chi connectivity index (χ3n) is 8.98. The van der Waals surface area contributed by atoms with Crippen molar-refractivity contribution in [1.29, 1.82) is 0 Å². The summed E-state index contributed by atoms with van der Waals surface area (Å²) >= 11 is 0. The quantitative estimate of drug-likeness (QED) is 0.0292. The Hall–Kier alpha value is -9.23. The minimum atomic E-state index is -1.48. The van der Waals surface area contributed by atoms with Gasteiger partial charge in [0.1, 0.15) is 39.3 Å². The standard InChI is InChI=1S/C14H18N4O4.C12H14N4O4.C10H22O3.C9H10N4O2.C6H10N4O2/c1-5-21-12(19)9-10(16-13(20)22-14(2,3)4)17-18-8-6-7-15-11(9)18;1-12(2,3)20-11(19)14-8-7(10(17)18)9-13-5-4-6-16(9)15-8;1-5-11-9(4)8-10(12-6-2)13-7-3;1-2-15-9(14)6-7(10)12-13-5-3-4-11-8(6)13;1-2-12-6(11)3-4(7)9-10-5(3)8/h6-8H,5H2,1-4H3,(H,16,17,20);4-6H,1-3H3,(H,17,18)(H,14,15,19);9-10H,5-8H2,1-4H3;3-5H,2H2,1H3,(H2,10,12);2H2,1H3,(H5,7,8,9,10)/i7D,8D;5D,6D;9D,10D;4D,5D;. The van der Waals surface area contributed by atoms with Gasteiger partial charge in [0.05, 0.1) is 36.9 Å². The van der Waals surface area contributed by atoms with Gasteiger partial charge in [-0.2, -0.15) is 5.10 Å². The molecule has 7 aromatic heterocycles. The number of hydrogen-bond acceptors (Lipinski definition) is 24. The van der Waals surface area contributed by atoms with Crippen LogP contribution in [0.15, 0.2) is 55.2 Å². The topological polar surface area (TPSA) is 418 Å². The molecule has 7 aromatic rings. The van der Waals surface area contributed by atoms with Crippen molar-refractivity contribution in [3.63, 3.8) is 0 Å². The number of H-pyrrole nitrogens is 1. The van der Waals surface area contributed by atoms with Crippen LogP contribution in [-0.2, 0) is 37.9 Å². The van der Waals surface area contributed by atoms with Gasteiger partial charge >= 0.3 is 36.1 Å². The SMILES string of the molecule is CCOC(=O)c1c(N)n[nH]c1N.[2H]C(C)(CC([2H])(OCC)OCC)OCC.[2H]c1cc([2H])n2nc(N)c(C(=O)OCC)c2n1.[2H]c1cc([2H])n2nc(NC(=O)OC(C)(C)C)c(C(=O)O)c2n1.[2H]c1cc([2H])n2nc(NC(=O)OC(C)(C)C)c(C(=O)OCC)c2n1. The van der Waals surface area contributed by atoms with E-state index in [4.69, 9.17) is 61.3 Å². The van der Waals surface area contributed by atoms with Crippen LogP contribution in [0.25, 0.3) is 16.9 Å². The zero-order valence-corrected chi connectivity index (χ0v) is 47.5. The van der Waals surface area contributed by atoms with Crippen LogP contribution in [0.3, 0.4) is 0 Å². The lowest BCUT2D eigenvalue weighted by Gasteiger charge is -2.20. The van der Waals surface area contributed by atoms with Crippen molar-refractivity contribution < 1.29 is 82.7 Å². The van der Waals surface area contributed by atoms with Crippen LogP contribution < -0.4 is 27.8 Å². The van der Waals surface area contributed by atoms with Gasteiger partial charge in [0.25, 0.3) is 0 Å². The van der Waals surface area contributed by atoms with Crippen molar-refractivity contribution in [2.75, 3.05) is 67.5 Å². The van der Waals surface area contributed by atoms with Crippen molar-refractivity contribution in [2.45, 2.75) is 120 Å². The predicted octanol–water partition coefficient (Wildman–Crippen LogP) is 6.47. The third kappa shape index (κ3) is 20.8. The average molecular weight is 1160 g/mol. The number of nitrogens with two attached hydrogens (primary N) is 3. The number of rotatable bonds is 17. The van der Waals surface area contributed by atoms with E-state index < -0.39 is 65.2 Å². The number of nitrogens with one attached hydrogen (secondary N) is 3. The van der Waals surface area contributed by atoms with Crippen LogP contribution in [0.4, 0.5) is 38.7 Å². The van der Waals surface area contributed by atoms with E-state index in [1.165, 1.54) is 6.07 Å². The highest BCUT2D eigenvalue weighted by atomic mass is 16.7. The first-order valence-electron chi connectivity index (χ1n) is 28.9. The fourth-order valence-electron chi connectivity index (χ4n) is 6.09. The van der Waals surface area contributed by atoms with Gasteiger partial charge in [0, 0.05) is 63.3 Å². The molecular weight excluding hydrogens is 1080 g/mol. The molecule has 2 amide bonds. The molecule has 31 heteroatoms. The van der Waals surface area contributed by atoms with Gasteiger partial charge in [-0.25, -0.2) is 57.3 Å². The summed E-state index contributed by atoms with van der Waals surface area (Å²) < 4.78 is 105. The van der Waals surface area contributed by atoms with Gasteiger partial charge in [-0.05, 0) is 108 Å². The Balaban J connectivity index is 0.000000300. The highest BCUT2D eigenvalue weighted by Crippen LogP contribution is 2.23. The minimum absolute atomic E-state index is 0.00514. The van der Waals surface area contributed by atoms with Gasteiger partial charge < -0.3 is 60.2 Å². The van der Waals surface area contributed by atoms with Gasteiger partial charge in [-0.1, -0.05) is 0 Å². The van der Waals surface area contributed by atoms with E-state index >= 15 is 0 Å². The summed E-state index contributed by atoms with van der Waals surface area (Å²) in [5.41, 5.74) is 14.2. The predicted molar refractivity (Wildman–Crippen MR) is 298 cm³/mol. The van der Waals surface area contributed by atoms with Crippen molar-refractivity contribution >= 4 is 82.1 Å². The number of ether oxygens (including phenoxy) is 8. The Labute approximate surface area is 483 Å². The van der Waals surface area contributed by atoms with E-state index in [2.05, 4.69) is 55.8 Å². The number of esters is 3. The second kappa shape index (κ2) is 32.1. The molecule has 1 unspecified atom stereocenters. The number of anilines is 5. The smallest absolute Gasteiger partial charge is 0.413 e. The normalized spacial score (nSPS) is 13.2. The molecule has 31 nitrogen and oxygen atoms in total. The number of carboxylic acids is 1. The number of aromatic amines is 1. The molecule has 0 aliphatic carbocycles. The lowest BCUT2D eigenvalue weighted by Crippen LogP contribution is -2.28. The Bertz CT molecular complexity index is 3640. The molecule has 0 bridgehead atoms. The third-order valence-corrected chi connectivity index (χ3v) is 8.98. The summed E-state index contributed by atoms with van der Waals surface area (Å²) in [5.74, 6) is -3.68. The number of aromatic carboxylic acids is 1. The minimum Gasteiger partial charge on any atom is -0.477 e. The number of carbonyl (C=O) groups is 6. The molecule has 0 fully saturated rings. The first-order chi connectivity index (χ1) is 41.8. The first-order valence-corrected chi connectivity index (χ1v) is 24.9. The van der Waals surface area contributed by atoms with E-state index in [0.29, 0.717) is 19.8 Å². The Morgan fingerprint density at radius 3 is 1.38 bits per heavy atom. The van der Waals surface area contributed by atoms with E-state index in [0.717, 1.165) is 25.7 Å². The summed E-state index contributed by atoms with van der Waals surface area (Å²) in [6.07, 6.45) is -5.32. The van der Waals surface area contributed by atoms with E-state index in [1.54, 1.807) is 83.1 Å². The van der Waals surface area contributed by atoms with Crippen LogP contribution in [0.1, 0.15) is 149 Å². The molecule has 1 atom stereocenters. The van der Waals surface area contributed by atoms with Crippen LogP contribution in [0.5, 0.6) is 0 Å². The second-order valence-electron chi connectivity index (χ2n) is 17.6. The second-order valence-corrected chi connectivity index (χ2v) is 17.6. The van der Waals surface area contributed by atoms with Gasteiger partial charge in [-0.15, -0.1) is 15.3 Å². The number of nitrogens with zero attached hydrogens (tertiary/aromatic N) is 10. The summed E-state index contributed by atoms with van der Waals surface area (Å²) in [5, 5.41) is 31.4. The summed E-state index contributed by atoms with van der Waals surface area (Å²) in [7, 11) is 0. The largest absolute Gasteiger partial charge is 0.477 e. The molecule has 0 saturated carbocycles. The van der Waals surface area contributed by atoms with Crippen molar-refractivity contribution in [2.24, 2.45) is 0 Å². The van der Waals surface area contributed by atoms with Crippen molar-refractivity contribution in [3.8, 4) is 0 Å². The Morgan fingerprint density at radius 1 is 0.598 bits per heavy atom. The molecule has 0 aromatic carbocycles. The molecule has 7 rings (SSSR count). The van der Waals surface area contributed by atoms with E-state index in [9.17, 15) is 33.9 Å². The number of carbonyl (C=O) groups excluding carboxylic acids is 5. The first kappa shape index (κ1) is 54.7. The molecule has 0 spiro atoms. The summed E-state index contributed by atoms with van der Waals surface area (Å²) in [6.45, 7) is 23.8. The average Bonchev–Trinajstić information content (AvgIpc) is 2.11. The number of aromatic nitrogens is 11. The molecule has 10 N–H and O–H groups in total. The summed E-state index contributed by atoms with van der Waals surface area (Å²) in [4.78, 5) is 81.5. The zero-order chi connectivity index (χ0) is 68.4. The maximum atomic E-state index is 12.2. The maximum absolute atomic E-state index is 12.2. The van der Waals surface area contributed by atoms with Gasteiger partial charge in [0.2, 0.25) is 0 Å². The van der Waals surface area contributed by atoms with E-state index in [-0.39, 0.29) is 126 Å². The molecule has 7 heterocycles. The number of amides is 2. The van der Waals surface area contributed by atoms with Crippen LogP contribution in [-0.4, -0.2) is 158 Å². The lowest BCUT2D eigenvalue weighted by atomic mass is 10.2. The number of nitrogen functional groups attached to an aromatic ring is 3. The van der Waals surface area contributed by atoms with Crippen molar-refractivity contribution in [1.82, 2.24) is 54.0 Å². The Kier molecular flexibility index (Phi) is 21.4. The highest BCUT2D eigenvalue weighted by Gasteiger charge is 2.27. The number of hydrogen-bond donors (Lipinski definition) is 7. The molecule has 82 heavy (non-hydrogen) atoms. The van der Waals surface area contributed by atoms with Crippen LogP contribution in [0, 0.1) is 0 Å². The molecule has 0 aliphatic heterocycles. The maximum Gasteiger partial charge on any atom is 0.413 e. The molecule has 0 aliphatic rings. The van der Waals surface area contributed by atoms with Crippen LogP contribution >= 0.6 is 0 Å². The van der Waals surface area contributed by atoms with Crippen LogP contribution in [0.2, 0.25) is 0 Å². The molecular formula is C51H74N16O15. The monoisotopic (exact) mass is 1160 g/mol. The lowest BCUT2D eigenvalue weighted by molar-refractivity contribution is -0.155. The fourth-order valence-corrected chi connectivity index (χ4v) is 6.09. The molecule has 0 radical (unpaired) electrons. The summed E-state index contributed by atoms with van der Waals surface area (Å²) in [6, 6.07) is 3.46. The van der Waals surface area contributed by atoms with Gasteiger partial charge in [0.15, 0.2) is 46.5 Å². The number of carboxylic acid groups (broad SMARTS) is 1. The molecule has 448 valence electrons. The fraction of sp³-hybridized carbons (Fsp3) is 0.471. The zero-order valence-electron chi connectivity index (χ0n) is 55.5. The van der Waals surface area contributed by atoms with Gasteiger partial charge in [-0.3, -0.25) is 15.7 Å². The van der Waals surface area contributed by atoms with Crippen molar-refractivity contribution in [3.05, 3.63) is 77.5 Å². The molecule has 0 saturated heterocycles. The highest BCUT2D eigenvalue weighted by molar-refractivity contribution is 6.04.